The van der Waals surface area contributed by atoms with E-state index < -0.39 is 11.0 Å². The number of nitrogens with one attached hydrogen (secondary N) is 2. The number of anilines is 3. The predicted molar refractivity (Wildman–Crippen MR) is 115 cm³/mol. The Bertz CT molecular complexity index is 916. The molecule has 0 saturated carbocycles. The van der Waals surface area contributed by atoms with Gasteiger partial charge in [-0.05, 0) is 19.1 Å². The summed E-state index contributed by atoms with van der Waals surface area (Å²) in [7, 11) is -1.38. The van der Waals surface area contributed by atoms with Crippen LogP contribution in [-0.4, -0.2) is 35.5 Å². The van der Waals surface area contributed by atoms with Crippen molar-refractivity contribution in [2.45, 2.75) is 31.5 Å². The quantitative estimate of drug-likeness (QED) is 0.454. The van der Waals surface area contributed by atoms with Crippen LogP contribution in [0.1, 0.15) is 23.6 Å². The third-order valence-corrected chi connectivity index (χ3v) is 8.30. The molecule has 0 spiro atoms. The highest BCUT2D eigenvalue weighted by Gasteiger charge is 2.21. The van der Waals surface area contributed by atoms with Gasteiger partial charge in [-0.3, -0.25) is 0 Å². The van der Waals surface area contributed by atoms with Gasteiger partial charge in [0.25, 0.3) is 0 Å². The monoisotopic (exact) mass is 443 g/mol. The molecule has 0 amide bonds. The molecule has 11 heteroatoms. The van der Waals surface area contributed by atoms with E-state index in [-0.39, 0.29) is 5.75 Å². The van der Waals surface area contributed by atoms with Crippen LogP contribution >= 0.6 is 34.4 Å². The summed E-state index contributed by atoms with van der Waals surface area (Å²) in [5, 5.41) is 18.6. The molecular weight excluding hydrogens is 422 g/mol. The summed E-state index contributed by atoms with van der Waals surface area (Å²) < 4.78 is 23.4. The first-order chi connectivity index (χ1) is 13.0. The largest absolute Gasteiger partial charge is 0.504 e. The molecule has 3 heterocycles. The van der Waals surface area contributed by atoms with Gasteiger partial charge in [0.15, 0.2) is 21.6 Å². The standard InChI is InChI=1S/C16H21N5O2S4/c1-4-21(5-2)27(23)16-13(22)12(9-24-16)18-15-14(19-26-20-15)17-8-11-7-6-10(3)25-11/h6-7,9,22H,4-5,8H2,1-3H3,(H,17,19)(H,18,20). The molecule has 0 fully saturated rings. The van der Waals surface area contributed by atoms with Crippen molar-refractivity contribution < 1.29 is 9.32 Å². The van der Waals surface area contributed by atoms with E-state index in [4.69, 9.17) is 0 Å². The molecule has 3 aromatic rings. The lowest BCUT2D eigenvalue weighted by Crippen LogP contribution is -2.24. The van der Waals surface area contributed by atoms with Gasteiger partial charge >= 0.3 is 0 Å². The summed E-state index contributed by atoms with van der Waals surface area (Å²) in [4.78, 5) is 2.47. The van der Waals surface area contributed by atoms with Gasteiger partial charge in [-0.25, -0.2) is 8.51 Å². The first-order valence-corrected chi connectivity index (χ1v) is 11.9. The maximum absolute atomic E-state index is 12.6. The summed E-state index contributed by atoms with van der Waals surface area (Å²) in [5.41, 5.74) is 0.484. The van der Waals surface area contributed by atoms with Gasteiger partial charge in [0.2, 0.25) is 0 Å². The average molecular weight is 444 g/mol. The first-order valence-electron chi connectivity index (χ1n) is 8.39. The number of thiophene rings is 2. The second kappa shape index (κ2) is 9.11. The normalized spacial score (nSPS) is 12.4. The molecule has 0 aromatic carbocycles. The second-order valence-electron chi connectivity index (χ2n) is 5.60. The molecular formula is C16H21N5O2S4. The number of aryl methyl sites for hydroxylation is 1. The molecule has 3 aromatic heterocycles. The maximum Gasteiger partial charge on any atom is 0.188 e. The Labute approximate surface area is 173 Å². The average Bonchev–Trinajstić information content (AvgIpc) is 3.36. The van der Waals surface area contributed by atoms with Gasteiger partial charge in [-0.15, -0.1) is 22.7 Å². The number of rotatable bonds is 9. The fraction of sp³-hybridized carbons (Fsp3) is 0.375. The molecule has 0 aliphatic heterocycles. The third-order valence-electron chi connectivity index (χ3n) is 3.80. The molecule has 0 saturated heterocycles. The van der Waals surface area contributed by atoms with Crippen molar-refractivity contribution in [2.24, 2.45) is 0 Å². The Morgan fingerprint density at radius 1 is 1.22 bits per heavy atom. The SMILES string of the molecule is CCN(CC)S(=O)c1scc(Nc2nsnc2NCc2ccc(C)s2)c1O. The topological polar surface area (TPSA) is 90.4 Å². The van der Waals surface area contributed by atoms with Crippen LogP contribution in [0.15, 0.2) is 21.7 Å². The molecule has 0 aliphatic carbocycles. The number of hydrogen-bond acceptors (Lipinski definition) is 9. The number of aromatic nitrogens is 2. The van der Waals surface area contributed by atoms with E-state index in [1.807, 2.05) is 13.8 Å². The summed E-state index contributed by atoms with van der Waals surface area (Å²) >= 11 is 4.09. The van der Waals surface area contributed by atoms with Crippen molar-refractivity contribution >= 4 is 62.7 Å². The van der Waals surface area contributed by atoms with Crippen molar-refractivity contribution in [3.8, 4) is 5.75 Å². The van der Waals surface area contributed by atoms with Gasteiger partial charge < -0.3 is 15.7 Å². The van der Waals surface area contributed by atoms with E-state index in [1.54, 1.807) is 21.0 Å². The third kappa shape index (κ3) is 4.66. The zero-order chi connectivity index (χ0) is 19.4. The van der Waals surface area contributed by atoms with Crippen LogP contribution in [0.2, 0.25) is 0 Å². The molecule has 0 radical (unpaired) electrons. The fourth-order valence-electron chi connectivity index (χ4n) is 2.39. The Morgan fingerprint density at radius 3 is 2.63 bits per heavy atom. The Kier molecular flexibility index (Phi) is 6.82. The van der Waals surface area contributed by atoms with Gasteiger partial charge in [0.05, 0.1) is 24.0 Å². The van der Waals surface area contributed by atoms with Crippen LogP contribution in [0, 0.1) is 6.92 Å². The van der Waals surface area contributed by atoms with E-state index in [9.17, 15) is 9.32 Å². The highest BCUT2D eigenvalue weighted by Crippen LogP contribution is 2.39. The lowest BCUT2D eigenvalue weighted by Gasteiger charge is -2.15. The van der Waals surface area contributed by atoms with Gasteiger partial charge in [0, 0.05) is 28.2 Å². The molecule has 7 nitrogen and oxygen atoms in total. The van der Waals surface area contributed by atoms with E-state index >= 15 is 0 Å². The number of nitrogens with zero attached hydrogens (tertiary/aromatic N) is 3. The van der Waals surface area contributed by atoms with Gasteiger partial charge in [0.1, 0.15) is 11.0 Å². The van der Waals surface area contributed by atoms with Crippen LogP contribution in [0.3, 0.4) is 0 Å². The van der Waals surface area contributed by atoms with E-state index in [0.717, 1.165) is 11.7 Å². The van der Waals surface area contributed by atoms with Crippen LogP contribution in [0.4, 0.5) is 17.3 Å². The summed E-state index contributed by atoms with van der Waals surface area (Å²) in [5.74, 6) is 1.17. The summed E-state index contributed by atoms with van der Waals surface area (Å²) in [6, 6.07) is 4.17. The van der Waals surface area contributed by atoms with Crippen LogP contribution in [-0.2, 0) is 17.5 Å². The molecule has 1 unspecified atom stereocenters. The van der Waals surface area contributed by atoms with E-state index in [0.29, 0.717) is 41.2 Å². The Balaban J connectivity index is 1.71. The molecule has 1 atom stereocenters. The highest BCUT2D eigenvalue weighted by atomic mass is 32.2. The lowest BCUT2D eigenvalue weighted by molar-refractivity contribution is 0.459. The molecule has 146 valence electrons. The predicted octanol–water partition coefficient (Wildman–Crippen LogP) is 4.40. The van der Waals surface area contributed by atoms with Crippen LogP contribution in [0.5, 0.6) is 5.75 Å². The minimum atomic E-state index is -1.38. The smallest absolute Gasteiger partial charge is 0.188 e. The highest BCUT2D eigenvalue weighted by molar-refractivity contribution is 7.85. The summed E-state index contributed by atoms with van der Waals surface area (Å²) in [6.45, 7) is 7.92. The van der Waals surface area contributed by atoms with E-state index in [2.05, 4.69) is 38.4 Å². The maximum atomic E-state index is 12.6. The van der Waals surface area contributed by atoms with Crippen molar-refractivity contribution in [1.29, 1.82) is 0 Å². The lowest BCUT2D eigenvalue weighted by atomic mass is 10.4. The molecule has 27 heavy (non-hydrogen) atoms. The minimum absolute atomic E-state index is 0.00179. The summed E-state index contributed by atoms with van der Waals surface area (Å²) in [6.07, 6.45) is 0. The zero-order valence-corrected chi connectivity index (χ0v) is 18.4. The van der Waals surface area contributed by atoms with Crippen molar-refractivity contribution in [2.75, 3.05) is 23.7 Å². The molecule has 0 bridgehead atoms. The Morgan fingerprint density at radius 2 is 1.96 bits per heavy atom. The molecule has 0 aliphatic rings. The minimum Gasteiger partial charge on any atom is -0.504 e. The molecule has 3 rings (SSSR count). The van der Waals surface area contributed by atoms with Crippen LogP contribution in [0.25, 0.3) is 0 Å². The van der Waals surface area contributed by atoms with Crippen molar-refractivity contribution in [3.63, 3.8) is 0 Å². The second-order valence-corrected chi connectivity index (χ2v) is 10.1. The number of aromatic hydroxyl groups is 1. The number of hydrogen-bond donors (Lipinski definition) is 3. The van der Waals surface area contributed by atoms with Crippen LogP contribution < -0.4 is 10.6 Å². The van der Waals surface area contributed by atoms with Gasteiger partial charge in [-0.1, -0.05) is 13.8 Å². The Hall–Kier alpha value is -1.53. The molecule has 3 N–H and O–H groups in total. The zero-order valence-electron chi connectivity index (χ0n) is 15.2. The fourth-order valence-corrected chi connectivity index (χ4v) is 6.09. The van der Waals surface area contributed by atoms with Gasteiger partial charge in [-0.2, -0.15) is 8.75 Å². The van der Waals surface area contributed by atoms with Crippen molar-refractivity contribution in [1.82, 2.24) is 13.1 Å². The first kappa shape index (κ1) is 20.2. The van der Waals surface area contributed by atoms with Crippen molar-refractivity contribution in [3.05, 3.63) is 27.3 Å². The van der Waals surface area contributed by atoms with E-state index in [1.165, 1.54) is 21.1 Å².